The van der Waals surface area contributed by atoms with E-state index in [1.165, 1.54) is 7.11 Å². The molecule has 0 atom stereocenters. The van der Waals surface area contributed by atoms with Gasteiger partial charge in [0.1, 0.15) is 12.4 Å². The van der Waals surface area contributed by atoms with Gasteiger partial charge in [0, 0.05) is 11.1 Å². The number of ether oxygens (including phenoxy) is 4. The molecule has 0 fully saturated rings. The number of carbonyl (C=O) groups excluding carboxylic acids is 1. The molecule has 136 valence electrons. The number of allylic oxidation sites excluding steroid dienone is 1. The molecule has 2 aromatic rings. The molecule has 0 saturated heterocycles. The summed E-state index contributed by atoms with van der Waals surface area (Å²) in [5.41, 5.74) is 5.12. The smallest absolute Gasteiger partial charge is 0.338 e. The van der Waals surface area contributed by atoms with E-state index in [0.29, 0.717) is 23.7 Å². The summed E-state index contributed by atoms with van der Waals surface area (Å²) >= 11 is 0. The van der Waals surface area contributed by atoms with Crippen molar-refractivity contribution in [2.24, 2.45) is 0 Å². The van der Waals surface area contributed by atoms with Crippen molar-refractivity contribution in [2.75, 3.05) is 21.3 Å². The minimum atomic E-state index is -0.382. The topological polar surface area (TPSA) is 54.0 Å². The Bertz CT molecular complexity index is 892. The van der Waals surface area contributed by atoms with Gasteiger partial charge in [0.2, 0.25) is 0 Å². The lowest BCUT2D eigenvalue weighted by molar-refractivity contribution is 0.0600. The number of rotatable bonds is 4. The first-order valence-electron chi connectivity index (χ1n) is 8.27. The lowest BCUT2D eigenvalue weighted by Crippen LogP contribution is -2.10. The molecule has 0 radical (unpaired) electrons. The van der Waals surface area contributed by atoms with Crippen LogP contribution in [0.1, 0.15) is 35.3 Å². The Morgan fingerprint density at radius 1 is 1.00 bits per heavy atom. The van der Waals surface area contributed by atoms with Gasteiger partial charge in [-0.1, -0.05) is 11.6 Å². The van der Waals surface area contributed by atoms with E-state index in [4.69, 9.17) is 18.9 Å². The molecule has 2 aromatic carbocycles. The van der Waals surface area contributed by atoms with Gasteiger partial charge >= 0.3 is 5.97 Å². The monoisotopic (exact) mass is 354 g/mol. The highest BCUT2D eigenvalue weighted by Gasteiger charge is 2.24. The van der Waals surface area contributed by atoms with Crippen molar-refractivity contribution >= 4 is 12.0 Å². The third-order valence-electron chi connectivity index (χ3n) is 4.28. The molecule has 1 aliphatic heterocycles. The maximum absolute atomic E-state index is 12.3. The van der Waals surface area contributed by atoms with Crippen LogP contribution in [-0.4, -0.2) is 27.3 Å². The first-order valence-corrected chi connectivity index (χ1v) is 8.27. The maximum Gasteiger partial charge on any atom is 0.338 e. The summed E-state index contributed by atoms with van der Waals surface area (Å²) < 4.78 is 21.7. The molecule has 5 heteroatoms. The highest BCUT2D eigenvalue weighted by molar-refractivity contribution is 5.97. The van der Waals surface area contributed by atoms with Gasteiger partial charge in [0.05, 0.1) is 26.9 Å². The van der Waals surface area contributed by atoms with Gasteiger partial charge < -0.3 is 18.9 Å². The molecule has 0 unspecified atom stereocenters. The zero-order valence-corrected chi connectivity index (χ0v) is 15.6. The SMILES string of the molecule is COC(=O)c1cc2c(cc1C=C(C)C)OCc1cc(OC)c(OC)cc1-2. The number of carbonyl (C=O) groups is 1. The number of methoxy groups -OCH3 is 3. The van der Waals surface area contributed by atoms with E-state index >= 15 is 0 Å². The fourth-order valence-electron chi connectivity index (χ4n) is 3.09. The molecule has 0 N–H and O–H groups in total. The lowest BCUT2D eigenvalue weighted by atomic mass is 9.92. The van der Waals surface area contributed by atoms with Crippen molar-refractivity contribution < 1.29 is 23.7 Å². The predicted octanol–water partition coefficient (Wildman–Crippen LogP) is 4.47. The molecule has 0 aliphatic carbocycles. The molecule has 26 heavy (non-hydrogen) atoms. The number of fused-ring (bicyclic) bond motifs is 3. The fourth-order valence-corrected chi connectivity index (χ4v) is 3.09. The summed E-state index contributed by atoms with van der Waals surface area (Å²) in [6.07, 6.45) is 1.94. The maximum atomic E-state index is 12.3. The van der Waals surface area contributed by atoms with Crippen LogP contribution < -0.4 is 14.2 Å². The van der Waals surface area contributed by atoms with Crippen LogP contribution in [-0.2, 0) is 11.3 Å². The van der Waals surface area contributed by atoms with E-state index < -0.39 is 0 Å². The van der Waals surface area contributed by atoms with Gasteiger partial charge in [-0.3, -0.25) is 0 Å². The summed E-state index contributed by atoms with van der Waals surface area (Å²) in [4.78, 5) is 12.3. The molecule has 0 bridgehead atoms. The molecular weight excluding hydrogens is 332 g/mol. The van der Waals surface area contributed by atoms with Crippen LogP contribution >= 0.6 is 0 Å². The van der Waals surface area contributed by atoms with Crippen LogP contribution in [0.3, 0.4) is 0 Å². The summed E-state index contributed by atoms with van der Waals surface area (Å²) in [6.45, 7) is 4.39. The number of esters is 1. The molecule has 5 nitrogen and oxygen atoms in total. The van der Waals surface area contributed by atoms with Crippen LogP contribution in [0.4, 0.5) is 0 Å². The van der Waals surface area contributed by atoms with Gasteiger partial charge in [-0.15, -0.1) is 0 Å². The fraction of sp³-hybridized carbons (Fsp3) is 0.286. The molecule has 0 saturated carbocycles. The van der Waals surface area contributed by atoms with Gasteiger partial charge in [0.25, 0.3) is 0 Å². The highest BCUT2D eigenvalue weighted by Crippen LogP contribution is 2.44. The van der Waals surface area contributed by atoms with Crippen molar-refractivity contribution in [2.45, 2.75) is 20.5 Å². The molecule has 1 aliphatic rings. The van der Waals surface area contributed by atoms with Crippen LogP contribution in [0.15, 0.2) is 29.8 Å². The summed E-state index contributed by atoms with van der Waals surface area (Å²) in [5, 5.41) is 0. The summed E-state index contributed by atoms with van der Waals surface area (Å²) in [5.74, 6) is 1.62. The lowest BCUT2D eigenvalue weighted by Gasteiger charge is -2.24. The average molecular weight is 354 g/mol. The first-order chi connectivity index (χ1) is 12.5. The summed E-state index contributed by atoms with van der Waals surface area (Å²) in [7, 11) is 4.58. The predicted molar refractivity (Wildman–Crippen MR) is 100.0 cm³/mol. The van der Waals surface area contributed by atoms with Crippen molar-refractivity contribution in [3.05, 3.63) is 46.5 Å². The molecule has 0 spiro atoms. The third-order valence-corrected chi connectivity index (χ3v) is 4.28. The minimum Gasteiger partial charge on any atom is -0.493 e. The van der Waals surface area contributed by atoms with Crippen LogP contribution in [0.2, 0.25) is 0 Å². The molecule has 3 rings (SSSR count). The van der Waals surface area contributed by atoms with E-state index in [1.54, 1.807) is 14.2 Å². The zero-order chi connectivity index (χ0) is 18.8. The van der Waals surface area contributed by atoms with E-state index in [9.17, 15) is 4.79 Å². The summed E-state index contributed by atoms with van der Waals surface area (Å²) in [6, 6.07) is 7.52. The van der Waals surface area contributed by atoms with E-state index in [2.05, 4.69) is 0 Å². The van der Waals surface area contributed by atoms with Crippen molar-refractivity contribution in [1.29, 1.82) is 0 Å². The third kappa shape index (κ3) is 3.12. The Morgan fingerprint density at radius 3 is 2.31 bits per heavy atom. The molecular formula is C21H22O5. The first kappa shape index (κ1) is 17.9. The van der Waals surface area contributed by atoms with Gasteiger partial charge in [0.15, 0.2) is 11.5 Å². The second kappa shape index (κ2) is 7.12. The second-order valence-electron chi connectivity index (χ2n) is 6.30. The molecule has 0 aromatic heterocycles. The quantitative estimate of drug-likeness (QED) is 0.758. The molecule has 1 heterocycles. The van der Waals surface area contributed by atoms with Crippen LogP contribution in [0.5, 0.6) is 17.2 Å². The van der Waals surface area contributed by atoms with Crippen molar-refractivity contribution in [3.63, 3.8) is 0 Å². The van der Waals surface area contributed by atoms with Crippen molar-refractivity contribution in [1.82, 2.24) is 0 Å². The molecule has 0 amide bonds. The standard InChI is InChI=1S/C21H22O5/c1-12(2)6-13-7-18-17(9-16(13)21(22)25-5)15-10-20(24-4)19(23-3)8-14(15)11-26-18/h6-10H,11H2,1-5H3. The Hall–Kier alpha value is -2.95. The van der Waals surface area contributed by atoms with E-state index in [0.717, 1.165) is 33.6 Å². The highest BCUT2D eigenvalue weighted by atomic mass is 16.5. The zero-order valence-electron chi connectivity index (χ0n) is 15.6. The van der Waals surface area contributed by atoms with Gasteiger partial charge in [-0.2, -0.15) is 0 Å². The van der Waals surface area contributed by atoms with Crippen molar-refractivity contribution in [3.8, 4) is 28.4 Å². The van der Waals surface area contributed by atoms with Gasteiger partial charge in [-0.25, -0.2) is 4.79 Å². The normalized spacial score (nSPS) is 11.6. The average Bonchev–Trinajstić information content (AvgIpc) is 2.64. The van der Waals surface area contributed by atoms with E-state index in [1.807, 2.05) is 44.2 Å². The number of hydrogen-bond acceptors (Lipinski definition) is 5. The van der Waals surface area contributed by atoms with E-state index in [-0.39, 0.29) is 5.97 Å². The number of hydrogen-bond donors (Lipinski definition) is 0. The Balaban J connectivity index is 2.24. The Kier molecular flexibility index (Phi) is 4.89. The Labute approximate surface area is 153 Å². The van der Waals surface area contributed by atoms with Gasteiger partial charge in [-0.05, 0) is 49.2 Å². The Morgan fingerprint density at radius 2 is 1.69 bits per heavy atom. The van der Waals surface area contributed by atoms with Crippen LogP contribution in [0.25, 0.3) is 17.2 Å². The second-order valence-corrected chi connectivity index (χ2v) is 6.30. The largest absolute Gasteiger partial charge is 0.493 e. The number of benzene rings is 2. The van der Waals surface area contributed by atoms with Crippen LogP contribution in [0, 0.1) is 0 Å². The minimum absolute atomic E-state index is 0.382.